The number of aliphatic imine (C=N–C) groups is 1. The van der Waals surface area contributed by atoms with Gasteiger partial charge in [-0.1, -0.05) is 11.3 Å². The zero-order chi connectivity index (χ0) is 15.5. The fourth-order valence-corrected chi connectivity index (χ4v) is 3.12. The van der Waals surface area contributed by atoms with Crippen molar-refractivity contribution >= 4 is 55.4 Å². The van der Waals surface area contributed by atoms with Crippen LogP contribution in [0.3, 0.4) is 0 Å². The molecular weight excluding hydrogens is 327 g/mol. The summed E-state index contributed by atoms with van der Waals surface area (Å²) in [7, 11) is 0. The zero-order valence-corrected chi connectivity index (χ0v) is 12.5. The third-order valence-corrected chi connectivity index (χ3v) is 4.24. The van der Waals surface area contributed by atoms with Crippen LogP contribution in [0.1, 0.15) is 10.5 Å². The summed E-state index contributed by atoms with van der Waals surface area (Å²) in [5.74, 6) is 4.28. The molecule has 3 aromatic rings. The molecule has 7 nitrogen and oxygen atoms in total. The molecule has 4 N–H and O–H groups in total. The van der Waals surface area contributed by atoms with Crippen LogP contribution in [-0.4, -0.2) is 22.2 Å². The molecule has 2 aromatic heterocycles. The molecule has 0 aliphatic heterocycles. The van der Waals surface area contributed by atoms with Gasteiger partial charge >= 0.3 is 0 Å². The van der Waals surface area contributed by atoms with E-state index in [1.807, 2.05) is 0 Å². The summed E-state index contributed by atoms with van der Waals surface area (Å²) >= 11 is 2.46. The van der Waals surface area contributed by atoms with Gasteiger partial charge in [-0.2, -0.15) is 0 Å². The average molecular weight is 336 g/mol. The number of hydrazine groups is 1. The molecule has 1 aromatic carbocycles. The Labute approximate surface area is 131 Å². The van der Waals surface area contributed by atoms with E-state index < -0.39 is 5.91 Å². The Morgan fingerprint density at radius 1 is 1.41 bits per heavy atom. The highest BCUT2D eigenvalue weighted by Crippen LogP contribution is 2.27. The molecule has 2 heterocycles. The van der Waals surface area contributed by atoms with Crippen molar-refractivity contribution in [2.75, 3.05) is 5.32 Å². The number of anilines is 1. The van der Waals surface area contributed by atoms with Crippen LogP contribution in [0.5, 0.6) is 0 Å². The van der Waals surface area contributed by atoms with Crippen LogP contribution in [-0.2, 0) is 0 Å². The highest BCUT2D eigenvalue weighted by atomic mass is 32.1. The number of fused-ring (bicyclic) bond motifs is 1. The molecule has 0 spiro atoms. The molecule has 0 aliphatic carbocycles. The molecule has 10 heteroatoms. The quantitative estimate of drug-likeness (QED) is 0.293. The lowest BCUT2D eigenvalue weighted by Gasteiger charge is -1.96. The Bertz CT molecular complexity index is 858. The number of thiazole rings is 2. The summed E-state index contributed by atoms with van der Waals surface area (Å²) < 4.78 is 13.9. The van der Waals surface area contributed by atoms with Crippen molar-refractivity contribution in [3.05, 3.63) is 35.1 Å². The summed E-state index contributed by atoms with van der Waals surface area (Å²) in [4.78, 5) is 24.2. The maximum atomic E-state index is 13.1. The Kier molecular flexibility index (Phi) is 4.04. The van der Waals surface area contributed by atoms with Crippen LogP contribution >= 0.6 is 22.7 Å². The number of nitrogens with one attached hydrogen (secondary N) is 2. The number of halogens is 1. The van der Waals surface area contributed by atoms with Crippen LogP contribution in [0.15, 0.2) is 28.6 Å². The predicted octanol–water partition coefficient (Wildman–Crippen LogP) is 2.27. The second-order valence-corrected chi connectivity index (χ2v) is 5.89. The minimum atomic E-state index is -0.405. The number of rotatable bonds is 4. The van der Waals surface area contributed by atoms with Gasteiger partial charge in [0.2, 0.25) is 5.13 Å². The number of hydrogen-bond acceptors (Lipinski definition) is 7. The maximum absolute atomic E-state index is 13.1. The molecule has 0 atom stereocenters. The molecule has 22 heavy (non-hydrogen) atoms. The van der Waals surface area contributed by atoms with Crippen LogP contribution in [0.4, 0.5) is 14.7 Å². The molecule has 0 bridgehead atoms. The highest BCUT2D eigenvalue weighted by molar-refractivity contribution is 7.22. The monoisotopic (exact) mass is 336 g/mol. The van der Waals surface area contributed by atoms with Crippen LogP contribution in [0.2, 0.25) is 0 Å². The van der Waals surface area contributed by atoms with Crippen LogP contribution < -0.4 is 16.6 Å². The number of amides is 1. The first-order valence-electron chi connectivity index (χ1n) is 5.97. The third kappa shape index (κ3) is 3.08. The fraction of sp³-hybridized carbons (Fsp3) is 0. The van der Waals surface area contributed by atoms with Gasteiger partial charge in [0.05, 0.1) is 10.2 Å². The maximum Gasteiger partial charge on any atom is 0.276 e. The Hall–Kier alpha value is -2.43. The highest BCUT2D eigenvalue weighted by Gasteiger charge is 2.13. The van der Waals surface area contributed by atoms with E-state index in [1.54, 1.807) is 11.4 Å². The first-order chi connectivity index (χ1) is 10.7. The Morgan fingerprint density at radius 2 is 2.27 bits per heavy atom. The Morgan fingerprint density at radius 3 is 3.09 bits per heavy atom. The number of hydrogen-bond donors (Lipinski definition) is 3. The number of nitrogens with two attached hydrogens (primary N) is 1. The lowest BCUT2D eigenvalue weighted by atomic mass is 10.3. The Balaban J connectivity index is 1.77. The van der Waals surface area contributed by atoms with E-state index in [-0.39, 0.29) is 11.5 Å². The molecule has 1 amide bonds. The standard InChI is InChI=1S/C12H9FN6OS2/c13-6-1-2-9-7(3-6)17-12(22-9)19-10(20)8-4-21-11(18-8)15-5-16-14/h1-5H,14H2,(H,15,16,18)(H,17,19,20). The molecule has 3 rings (SSSR count). The van der Waals surface area contributed by atoms with E-state index in [0.29, 0.717) is 15.8 Å². The van der Waals surface area contributed by atoms with Crippen molar-refractivity contribution in [2.45, 2.75) is 0 Å². The molecule has 0 saturated carbocycles. The average Bonchev–Trinajstić information content (AvgIpc) is 3.10. The molecule has 0 unspecified atom stereocenters. The van der Waals surface area contributed by atoms with Crippen molar-refractivity contribution < 1.29 is 9.18 Å². The van der Waals surface area contributed by atoms with E-state index in [0.717, 1.165) is 4.70 Å². The topological polar surface area (TPSA) is 105 Å². The summed E-state index contributed by atoms with van der Waals surface area (Å²) in [6, 6.07) is 4.28. The van der Waals surface area contributed by atoms with Gasteiger partial charge in [-0.05, 0) is 12.1 Å². The molecule has 0 fully saturated rings. The third-order valence-electron chi connectivity index (χ3n) is 2.54. The zero-order valence-electron chi connectivity index (χ0n) is 10.9. The van der Waals surface area contributed by atoms with Crippen molar-refractivity contribution in [3.63, 3.8) is 0 Å². The fourth-order valence-electron chi connectivity index (χ4n) is 1.64. The van der Waals surface area contributed by atoms with E-state index >= 15 is 0 Å². The van der Waals surface area contributed by atoms with Gasteiger partial charge in [0.25, 0.3) is 5.91 Å². The first kappa shape index (κ1) is 14.5. The normalized spacial score (nSPS) is 11.2. The second-order valence-electron chi connectivity index (χ2n) is 4.03. The first-order valence-corrected chi connectivity index (χ1v) is 7.67. The molecule has 0 saturated heterocycles. The minimum absolute atomic E-state index is 0.222. The van der Waals surface area contributed by atoms with Gasteiger partial charge < -0.3 is 5.43 Å². The van der Waals surface area contributed by atoms with Gasteiger partial charge in [0.15, 0.2) is 5.13 Å². The van der Waals surface area contributed by atoms with Gasteiger partial charge in [0.1, 0.15) is 17.8 Å². The second kappa shape index (κ2) is 6.13. The summed E-state index contributed by atoms with van der Waals surface area (Å²) in [5.41, 5.74) is 2.97. The summed E-state index contributed by atoms with van der Waals surface area (Å²) in [5, 5.41) is 4.99. The molecule has 0 radical (unpaired) electrons. The smallest absolute Gasteiger partial charge is 0.276 e. The molecular formula is C12H9FN6OS2. The van der Waals surface area contributed by atoms with Crippen LogP contribution in [0, 0.1) is 5.82 Å². The number of carbonyl (C=O) groups excluding carboxylic acids is 1. The van der Waals surface area contributed by atoms with E-state index in [9.17, 15) is 9.18 Å². The molecule has 112 valence electrons. The number of carbonyl (C=O) groups is 1. The van der Waals surface area contributed by atoms with Crippen LogP contribution in [0.25, 0.3) is 10.2 Å². The lowest BCUT2D eigenvalue weighted by molar-refractivity contribution is 0.102. The number of nitrogens with zero attached hydrogens (tertiary/aromatic N) is 3. The SMILES string of the molecule is NNC=Nc1nc(C(=O)Nc2nc3cc(F)ccc3s2)cs1. The van der Waals surface area contributed by atoms with E-state index in [2.05, 4.69) is 25.7 Å². The van der Waals surface area contributed by atoms with E-state index in [1.165, 1.54) is 41.1 Å². The summed E-state index contributed by atoms with van der Waals surface area (Å²) in [6.07, 6.45) is 1.27. The van der Waals surface area contributed by atoms with Crippen molar-refractivity contribution in [3.8, 4) is 0 Å². The van der Waals surface area contributed by atoms with Gasteiger partial charge in [-0.25, -0.2) is 25.2 Å². The van der Waals surface area contributed by atoms with Crippen molar-refractivity contribution in [1.29, 1.82) is 0 Å². The predicted molar refractivity (Wildman–Crippen MR) is 85.1 cm³/mol. The van der Waals surface area contributed by atoms with Crippen molar-refractivity contribution in [1.82, 2.24) is 15.4 Å². The molecule has 0 aliphatic rings. The number of benzene rings is 1. The number of aromatic nitrogens is 2. The largest absolute Gasteiger partial charge is 0.315 e. The minimum Gasteiger partial charge on any atom is -0.315 e. The summed E-state index contributed by atoms with van der Waals surface area (Å²) in [6.45, 7) is 0. The lowest BCUT2D eigenvalue weighted by Crippen LogP contribution is -2.18. The van der Waals surface area contributed by atoms with Gasteiger partial charge in [-0.15, -0.1) is 11.3 Å². The van der Waals surface area contributed by atoms with E-state index in [4.69, 9.17) is 5.84 Å². The van der Waals surface area contributed by atoms with Crippen molar-refractivity contribution in [2.24, 2.45) is 10.8 Å². The van der Waals surface area contributed by atoms with Gasteiger partial charge in [0, 0.05) is 11.4 Å². The van der Waals surface area contributed by atoms with Gasteiger partial charge in [-0.3, -0.25) is 10.1 Å².